The zero-order chi connectivity index (χ0) is 20.2. The quantitative estimate of drug-likeness (QED) is 0.729. The number of aryl methyl sites for hydroxylation is 2. The molecule has 0 saturated heterocycles. The van der Waals surface area contributed by atoms with Crippen LogP contribution in [0.4, 0.5) is 5.69 Å². The maximum Gasteiger partial charge on any atom is 0.245 e. The number of hydrogen-bond acceptors (Lipinski definition) is 4. The van der Waals surface area contributed by atoms with Crippen molar-refractivity contribution in [3.63, 3.8) is 0 Å². The lowest BCUT2D eigenvalue weighted by Crippen LogP contribution is -2.41. The fourth-order valence-electron chi connectivity index (χ4n) is 2.51. The molecule has 146 valence electrons. The van der Waals surface area contributed by atoms with Crippen LogP contribution in [0.15, 0.2) is 41.3 Å². The number of carbonyl (C=O) groups excluding carboxylic acids is 1. The van der Waals surface area contributed by atoms with Gasteiger partial charge in [0.15, 0.2) is 0 Å². The monoisotopic (exact) mass is 410 g/mol. The summed E-state index contributed by atoms with van der Waals surface area (Å²) in [5.74, 6) is -0.290. The summed E-state index contributed by atoms with van der Waals surface area (Å²) in [7, 11) is -4.01. The van der Waals surface area contributed by atoms with Crippen molar-refractivity contribution in [2.75, 3.05) is 11.9 Å². The maximum atomic E-state index is 12.7. The Morgan fingerprint density at radius 2 is 1.89 bits per heavy atom. The van der Waals surface area contributed by atoms with Gasteiger partial charge >= 0.3 is 0 Å². The van der Waals surface area contributed by atoms with Gasteiger partial charge in [-0.15, -0.1) is 0 Å². The lowest BCUT2D eigenvalue weighted by Gasteiger charge is -2.17. The molecule has 0 aliphatic rings. The molecule has 2 N–H and O–H groups in total. The van der Waals surface area contributed by atoms with E-state index in [1.54, 1.807) is 19.1 Å². The van der Waals surface area contributed by atoms with Crippen molar-refractivity contribution in [1.29, 1.82) is 0 Å². The maximum absolute atomic E-state index is 12.7. The van der Waals surface area contributed by atoms with Gasteiger partial charge in [0, 0.05) is 10.7 Å². The molecule has 0 heterocycles. The van der Waals surface area contributed by atoms with Crippen molar-refractivity contribution >= 4 is 33.2 Å². The Bertz CT molecular complexity index is 945. The van der Waals surface area contributed by atoms with Crippen LogP contribution < -0.4 is 14.8 Å². The van der Waals surface area contributed by atoms with Crippen LogP contribution >= 0.6 is 11.6 Å². The van der Waals surface area contributed by atoms with Crippen molar-refractivity contribution in [2.24, 2.45) is 0 Å². The summed E-state index contributed by atoms with van der Waals surface area (Å²) in [6, 6.07) is 8.92. The molecule has 2 aromatic rings. The highest BCUT2D eigenvalue weighted by Crippen LogP contribution is 2.27. The standard InChI is InChI=1S/C19H23ClN2O4S/c1-5-26-17-9-7-15(20)11-18(17)27(24,25)22-14(4)19(23)21-16-8-6-12(2)10-13(16)3/h6-11,14,22H,5H2,1-4H3,(H,21,23). The van der Waals surface area contributed by atoms with E-state index in [0.29, 0.717) is 12.3 Å². The smallest absolute Gasteiger partial charge is 0.245 e. The minimum absolute atomic E-state index is 0.108. The Morgan fingerprint density at radius 3 is 2.52 bits per heavy atom. The topological polar surface area (TPSA) is 84.5 Å². The van der Waals surface area contributed by atoms with Gasteiger partial charge in [-0.05, 0) is 57.5 Å². The Kier molecular flexibility index (Phi) is 6.86. The summed E-state index contributed by atoms with van der Waals surface area (Å²) in [4.78, 5) is 12.3. The van der Waals surface area contributed by atoms with Crippen molar-refractivity contribution in [3.8, 4) is 5.75 Å². The average Bonchev–Trinajstić information content (AvgIpc) is 2.58. The van der Waals surface area contributed by atoms with Crippen LogP contribution in [0.2, 0.25) is 5.02 Å². The molecule has 0 aliphatic carbocycles. The first-order valence-corrected chi connectivity index (χ1v) is 10.3. The second kappa shape index (κ2) is 8.73. The molecule has 0 radical (unpaired) electrons. The molecule has 0 bridgehead atoms. The van der Waals surface area contributed by atoms with Crippen LogP contribution in [0, 0.1) is 13.8 Å². The van der Waals surface area contributed by atoms with Crippen molar-refractivity contribution < 1.29 is 17.9 Å². The molecule has 0 aromatic heterocycles. The molecule has 1 unspecified atom stereocenters. The third kappa shape index (κ3) is 5.45. The van der Waals surface area contributed by atoms with Crippen LogP contribution in [0.25, 0.3) is 0 Å². The number of anilines is 1. The summed E-state index contributed by atoms with van der Waals surface area (Å²) in [6.07, 6.45) is 0. The van der Waals surface area contributed by atoms with Crippen LogP contribution in [0.1, 0.15) is 25.0 Å². The average molecular weight is 411 g/mol. The zero-order valence-electron chi connectivity index (χ0n) is 15.7. The van der Waals surface area contributed by atoms with E-state index in [9.17, 15) is 13.2 Å². The minimum Gasteiger partial charge on any atom is -0.492 e. The Hall–Kier alpha value is -2.09. The van der Waals surface area contributed by atoms with Gasteiger partial charge in [-0.1, -0.05) is 29.3 Å². The Morgan fingerprint density at radius 1 is 1.19 bits per heavy atom. The van der Waals surface area contributed by atoms with Gasteiger partial charge in [-0.3, -0.25) is 4.79 Å². The highest BCUT2D eigenvalue weighted by atomic mass is 35.5. The molecule has 0 fully saturated rings. The van der Waals surface area contributed by atoms with E-state index >= 15 is 0 Å². The van der Waals surface area contributed by atoms with Crippen LogP contribution in [0.5, 0.6) is 5.75 Å². The predicted molar refractivity (Wildman–Crippen MR) is 107 cm³/mol. The number of ether oxygens (including phenoxy) is 1. The number of carbonyl (C=O) groups is 1. The predicted octanol–water partition coefficient (Wildman–Crippen LogP) is 3.66. The van der Waals surface area contributed by atoms with E-state index in [1.165, 1.54) is 19.1 Å². The molecule has 1 atom stereocenters. The van der Waals surface area contributed by atoms with E-state index in [4.69, 9.17) is 16.3 Å². The van der Waals surface area contributed by atoms with E-state index in [0.717, 1.165) is 11.1 Å². The summed E-state index contributed by atoms with van der Waals surface area (Å²) >= 11 is 5.93. The fraction of sp³-hybridized carbons (Fsp3) is 0.316. The number of benzene rings is 2. The molecular formula is C19H23ClN2O4S. The molecule has 2 rings (SSSR count). The number of sulfonamides is 1. The largest absolute Gasteiger partial charge is 0.492 e. The Balaban J connectivity index is 2.19. The second-order valence-electron chi connectivity index (χ2n) is 6.17. The highest BCUT2D eigenvalue weighted by Gasteiger charge is 2.25. The van der Waals surface area contributed by atoms with Crippen molar-refractivity contribution in [1.82, 2.24) is 4.72 Å². The zero-order valence-corrected chi connectivity index (χ0v) is 17.2. The normalized spacial score (nSPS) is 12.5. The van der Waals surface area contributed by atoms with Crippen molar-refractivity contribution in [2.45, 2.75) is 38.6 Å². The van der Waals surface area contributed by atoms with Gasteiger partial charge in [0.2, 0.25) is 15.9 Å². The summed E-state index contributed by atoms with van der Waals surface area (Å²) in [5.41, 5.74) is 2.60. The molecule has 2 aromatic carbocycles. The van der Waals surface area contributed by atoms with E-state index in [1.807, 2.05) is 26.0 Å². The Labute approximate surface area is 164 Å². The second-order valence-corrected chi connectivity index (χ2v) is 8.29. The molecule has 1 amide bonds. The first-order valence-electron chi connectivity index (χ1n) is 8.47. The highest BCUT2D eigenvalue weighted by molar-refractivity contribution is 7.89. The van der Waals surface area contributed by atoms with Crippen LogP contribution in [-0.2, 0) is 14.8 Å². The third-order valence-corrected chi connectivity index (χ3v) is 5.66. The molecule has 0 saturated carbocycles. The van der Waals surface area contributed by atoms with E-state index in [-0.39, 0.29) is 15.7 Å². The number of hydrogen-bond donors (Lipinski definition) is 2. The molecule has 6 nitrogen and oxygen atoms in total. The number of rotatable bonds is 7. The summed E-state index contributed by atoms with van der Waals surface area (Å²) in [6.45, 7) is 7.35. The molecule has 8 heteroatoms. The van der Waals surface area contributed by atoms with Gasteiger partial charge in [-0.25, -0.2) is 8.42 Å². The van der Waals surface area contributed by atoms with Crippen LogP contribution in [-0.4, -0.2) is 27.0 Å². The van der Waals surface area contributed by atoms with E-state index < -0.39 is 22.0 Å². The first-order chi connectivity index (χ1) is 12.6. The van der Waals surface area contributed by atoms with Gasteiger partial charge in [0.05, 0.1) is 12.6 Å². The van der Waals surface area contributed by atoms with Gasteiger partial charge < -0.3 is 10.1 Å². The first kappa shape index (κ1) is 21.2. The summed E-state index contributed by atoms with van der Waals surface area (Å²) in [5, 5.41) is 2.99. The molecular weight excluding hydrogens is 388 g/mol. The molecule has 27 heavy (non-hydrogen) atoms. The third-order valence-electron chi connectivity index (χ3n) is 3.86. The van der Waals surface area contributed by atoms with Gasteiger partial charge in [0.25, 0.3) is 0 Å². The lowest BCUT2D eigenvalue weighted by molar-refractivity contribution is -0.117. The number of nitrogens with one attached hydrogen (secondary N) is 2. The minimum atomic E-state index is -4.01. The number of amides is 1. The SMILES string of the molecule is CCOc1ccc(Cl)cc1S(=O)(=O)NC(C)C(=O)Nc1ccc(C)cc1C. The lowest BCUT2D eigenvalue weighted by atomic mass is 10.1. The fourth-order valence-corrected chi connectivity index (χ4v) is 4.12. The van der Waals surface area contributed by atoms with Gasteiger partial charge in [0.1, 0.15) is 10.6 Å². The van der Waals surface area contributed by atoms with Crippen LogP contribution in [0.3, 0.4) is 0 Å². The van der Waals surface area contributed by atoms with Crippen molar-refractivity contribution in [3.05, 3.63) is 52.5 Å². The number of halogens is 1. The van der Waals surface area contributed by atoms with Gasteiger partial charge in [-0.2, -0.15) is 4.72 Å². The molecule has 0 aliphatic heterocycles. The van der Waals surface area contributed by atoms with E-state index in [2.05, 4.69) is 10.0 Å². The summed E-state index contributed by atoms with van der Waals surface area (Å²) < 4.78 is 33.2. The molecule has 0 spiro atoms.